The molecule has 1 fully saturated rings. The van der Waals surface area contributed by atoms with Crippen LogP contribution in [0.3, 0.4) is 0 Å². The maximum Gasteiger partial charge on any atom is 0.00946 e. The van der Waals surface area contributed by atoms with Gasteiger partial charge in [-0.1, -0.05) is 58.8 Å². The summed E-state index contributed by atoms with van der Waals surface area (Å²) in [4.78, 5) is 2.56. The van der Waals surface area contributed by atoms with Gasteiger partial charge in [-0.25, -0.2) is 0 Å². The highest BCUT2D eigenvalue weighted by molar-refractivity contribution is 4.74. The van der Waals surface area contributed by atoms with E-state index in [1.165, 1.54) is 64.3 Å². The molecule has 1 atom stereocenters. The molecule has 0 heterocycles. The Bertz CT molecular complexity index is 159. The molecule has 1 aliphatic carbocycles. The largest absolute Gasteiger partial charge is 0.304 e. The first-order chi connectivity index (χ1) is 7.77. The molecule has 0 radical (unpaired) electrons. The maximum absolute atomic E-state index is 2.56. The lowest BCUT2D eigenvalue weighted by Gasteiger charge is -2.30. The molecule has 0 N–H and O–H groups in total. The van der Waals surface area contributed by atoms with Crippen molar-refractivity contribution in [2.75, 3.05) is 13.6 Å². The van der Waals surface area contributed by atoms with Gasteiger partial charge in [0.25, 0.3) is 0 Å². The van der Waals surface area contributed by atoms with Crippen LogP contribution in [0.25, 0.3) is 0 Å². The average Bonchev–Trinajstić information content (AvgIpc) is 2.56. The number of hydrogen-bond donors (Lipinski definition) is 0. The molecule has 0 spiro atoms. The van der Waals surface area contributed by atoms with Crippen molar-refractivity contribution in [1.29, 1.82) is 0 Å². The molecule has 96 valence electrons. The van der Waals surface area contributed by atoms with E-state index in [0.29, 0.717) is 0 Å². The Labute approximate surface area is 103 Å². The fourth-order valence-electron chi connectivity index (χ4n) is 3.09. The second kappa shape index (κ2) is 8.11. The van der Waals surface area contributed by atoms with Gasteiger partial charge in [-0.3, -0.25) is 0 Å². The highest BCUT2D eigenvalue weighted by Crippen LogP contribution is 2.28. The van der Waals surface area contributed by atoms with Crippen molar-refractivity contribution in [3.05, 3.63) is 0 Å². The van der Waals surface area contributed by atoms with Crippen LogP contribution in [0.1, 0.15) is 71.6 Å². The van der Waals surface area contributed by atoms with Gasteiger partial charge in [0.2, 0.25) is 0 Å². The van der Waals surface area contributed by atoms with Gasteiger partial charge in [0, 0.05) is 6.04 Å². The van der Waals surface area contributed by atoms with E-state index in [9.17, 15) is 0 Å². The van der Waals surface area contributed by atoms with E-state index in [2.05, 4.69) is 25.8 Å². The Hall–Kier alpha value is -0.0400. The molecule has 0 aromatic rings. The lowest BCUT2D eigenvalue weighted by Crippen LogP contribution is -2.33. The zero-order chi connectivity index (χ0) is 11.8. The van der Waals surface area contributed by atoms with Gasteiger partial charge in [0.05, 0.1) is 0 Å². The van der Waals surface area contributed by atoms with Crippen molar-refractivity contribution in [3.63, 3.8) is 0 Å². The molecule has 0 aromatic heterocycles. The van der Waals surface area contributed by atoms with Crippen LogP contribution in [0.2, 0.25) is 0 Å². The van der Waals surface area contributed by atoms with Crippen LogP contribution in [0.4, 0.5) is 0 Å². The van der Waals surface area contributed by atoms with Crippen LogP contribution < -0.4 is 0 Å². The summed E-state index contributed by atoms with van der Waals surface area (Å²) in [6.07, 6.45) is 13.1. The summed E-state index contributed by atoms with van der Waals surface area (Å²) in [5, 5.41) is 0. The zero-order valence-electron chi connectivity index (χ0n) is 11.7. The first kappa shape index (κ1) is 14.0. The summed E-state index contributed by atoms with van der Waals surface area (Å²) in [6.45, 7) is 5.82. The van der Waals surface area contributed by atoms with Gasteiger partial charge in [0.15, 0.2) is 0 Å². The molecule has 0 amide bonds. The van der Waals surface area contributed by atoms with E-state index >= 15 is 0 Å². The molecule has 0 aliphatic heterocycles. The lowest BCUT2D eigenvalue weighted by atomic mass is 9.90. The Morgan fingerprint density at radius 2 is 1.69 bits per heavy atom. The average molecular weight is 225 g/mol. The van der Waals surface area contributed by atoms with Gasteiger partial charge in [-0.15, -0.1) is 0 Å². The normalized spacial score (nSPS) is 21.0. The molecular weight excluding hydrogens is 194 g/mol. The van der Waals surface area contributed by atoms with Gasteiger partial charge in [0.1, 0.15) is 0 Å². The summed E-state index contributed by atoms with van der Waals surface area (Å²) in [5.41, 5.74) is 0. The lowest BCUT2D eigenvalue weighted by molar-refractivity contribution is 0.195. The molecule has 0 bridgehead atoms. The van der Waals surface area contributed by atoms with Gasteiger partial charge < -0.3 is 4.90 Å². The van der Waals surface area contributed by atoms with Crippen molar-refractivity contribution in [2.45, 2.75) is 77.7 Å². The van der Waals surface area contributed by atoms with Crippen LogP contribution in [-0.2, 0) is 0 Å². The van der Waals surface area contributed by atoms with E-state index in [1.807, 2.05) is 0 Å². The van der Waals surface area contributed by atoms with Crippen molar-refractivity contribution in [2.24, 2.45) is 5.92 Å². The predicted molar refractivity (Wildman–Crippen MR) is 72.8 cm³/mol. The standard InChI is InChI=1S/C15H31N/c1-4-10-15(16(3)5-2)13-14-11-8-6-7-9-12-14/h14-15H,4-13H2,1-3H3/t15-/m1/s1. The highest BCUT2D eigenvalue weighted by Gasteiger charge is 2.19. The summed E-state index contributed by atoms with van der Waals surface area (Å²) in [7, 11) is 2.30. The van der Waals surface area contributed by atoms with Crippen LogP contribution in [-0.4, -0.2) is 24.5 Å². The Morgan fingerprint density at radius 1 is 1.06 bits per heavy atom. The molecule has 1 nitrogen and oxygen atoms in total. The van der Waals surface area contributed by atoms with Crippen molar-refractivity contribution in [1.82, 2.24) is 4.90 Å². The first-order valence-electron chi connectivity index (χ1n) is 7.48. The molecule has 0 unspecified atom stereocenters. The quantitative estimate of drug-likeness (QED) is 0.603. The molecular formula is C15H31N. The van der Waals surface area contributed by atoms with Gasteiger partial charge in [-0.2, -0.15) is 0 Å². The Morgan fingerprint density at radius 3 is 2.19 bits per heavy atom. The van der Waals surface area contributed by atoms with Crippen LogP contribution in [0.5, 0.6) is 0 Å². The third-order valence-electron chi connectivity index (χ3n) is 4.32. The summed E-state index contributed by atoms with van der Waals surface area (Å²) in [6, 6.07) is 0.845. The molecule has 1 heteroatoms. The second-order valence-electron chi connectivity index (χ2n) is 5.61. The molecule has 1 aliphatic rings. The Kier molecular flexibility index (Phi) is 7.11. The third-order valence-corrected chi connectivity index (χ3v) is 4.32. The zero-order valence-corrected chi connectivity index (χ0v) is 11.7. The molecule has 0 saturated heterocycles. The first-order valence-corrected chi connectivity index (χ1v) is 7.48. The maximum atomic E-state index is 2.56. The van der Waals surface area contributed by atoms with E-state index < -0.39 is 0 Å². The van der Waals surface area contributed by atoms with Gasteiger partial charge >= 0.3 is 0 Å². The number of nitrogens with zero attached hydrogens (tertiary/aromatic N) is 1. The minimum absolute atomic E-state index is 0.845. The van der Waals surface area contributed by atoms with Crippen molar-refractivity contribution < 1.29 is 0 Å². The van der Waals surface area contributed by atoms with Gasteiger partial charge in [-0.05, 0) is 32.4 Å². The van der Waals surface area contributed by atoms with E-state index in [-0.39, 0.29) is 0 Å². The number of rotatable bonds is 6. The van der Waals surface area contributed by atoms with Crippen molar-refractivity contribution >= 4 is 0 Å². The summed E-state index contributed by atoms with van der Waals surface area (Å²) >= 11 is 0. The fraction of sp³-hybridized carbons (Fsp3) is 1.00. The summed E-state index contributed by atoms with van der Waals surface area (Å²) < 4.78 is 0. The minimum atomic E-state index is 0.845. The SMILES string of the molecule is CCC[C@H](CC1CCCCCC1)N(C)CC. The van der Waals surface area contributed by atoms with Crippen LogP contribution >= 0.6 is 0 Å². The van der Waals surface area contributed by atoms with Crippen LogP contribution in [0, 0.1) is 5.92 Å². The monoisotopic (exact) mass is 225 g/mol. The topological polar surface area (TPSA) is 3.24 Å². The number of hydrogen-bond acceptors (Lipinski definition) is 1. The molecule has 0 aromatic carbocycles. The minimum Gasteiger partial charge on any atom is -0.304 e. The Balaban J connectivity index is 2.39. The van der Waals surface area contributed by atoms with E-state index in [1.54, 1.807) is 0 Å². The third kappa shape index (κ3) is 4.86. The van der Waals surface area contributed by atoms with Crippen LogP contribution in [0.15, 0.2) is 0 Å². The second-order valence-corrected chi connectivity index (χ2v) is 5.61. The summed E-state index contributed by atoms with van der Waals surface area (Å²) in [5.74, 6) is 1.02. The fourth-order valence-corrected chi connectivity index (χ4v) is 3.09. The van der Waals surface area contributed by atoms with E-state index in [0.717, 1.165) is 12.0 Å². The smallest absolute Gasteiger partial charge is 0.00946 e. The van der Waals surface area contributed by atoms with E-state index in [4.69, 9.17) is 0 Å². The molecule has 16 heavy (non-hydrogen) atoms. The predicted octanol–water partition coefficient (Wildman–Crippen LogP) is 4.47. The molecule has 1 rings (SSSR count). The van der Waals surface area contributed by atoms with Crippen molar-refractivity contribution in [3.8, 4) is 0 Å². The molecule has 1 saturated carbocycles. The highest BCUT2D eigenvalue weighted by atomic mass is 15.1.